The molecule has 2 heterocycles. The van der Waals surface area contributed by atoms with Crippen molar-refractivity contribution in [2.24, 2.45) is 9.98 Å². The summed E-state index contributed by atoms with van der Waals surface area (Å²) in [6.45, 7) is 7.23. The molecule has 80 valence electrons. The fourth-order valence-corrected chi connectivity index (χ4v) is 2.61. The van der Waals surface area contributed by atoms with Crippen molar-refractivity contribution >= 4 is 53.1 Å². The molecule has 2 aromatic rings. The van der Waals surface area contributed by atoms with Gasteiger partial charge in [-0.05, 0) is 18.9 Å². The van der Waals surface area contributed by atoms with Gasteiger partial charge in [-0.2, -0.15) is 0 Å². The van der Waals surface area contributed by atoms with Gasteiger partial charge < -0.3 is 0 Å². The van der Waals surface area contributed by atoms with Crippen molar-refractivity contribution in [3.63, 3.8) is 0 Å². The first-order chi connectivity index (χ1) is 7.83. The molecule has 4 heteroatoms. The molecule has 0 aliphatic heterocycles. The summed E-state index contributed by atoms with van der Waals surface area (Å²) in [5, 5.41) is 3.89. The van der Waals surface area contributed by atoms with Gasteiger partial charge in [-0.15, -0.1) is 22.7 Å². The van der Waals surface area contributed by atoms with Crippen molar-refractivity contribution in [2.75, 3.05) is 0 Å². The summed E-state index contributed by atoms with van der Waals surface area (Å²) in [5.74, 6) is 0. The van der Waals surface area contributed by atoms with Gasteiger partial charge in [-0.1, -0.05) is 12.7 Å². The SMILES string of the molecule is C=Cc1ccc(C=Nc2cscc2N=C)s1. The fourth-order valence-electron chi connectivity index (χ4n) is 1.18. The second kappa shape index (κ2) is 5.01. The lowest BCUT2D eigenvalue weighted by atomic mass is 10.4. The largest absolute Gasteiger partial charge is 0.262 e. The van der Waals surface area contributed by atoms with Crippen molar-refractivity contribution in [2.45, 2.75) is 0 Å². The number of rotatable bonds is 4. The molecule has 0 N–H and O–H groups in total. The van der Waals surface area contributed by atoms with E-state index in [1.54, 1.807) is 22.7 Å². The van der Waals surface area contributed by atoms with E-state index in [9.17, 15) is 0 Å². The zero-order valence-electron chi connectivity index (χ0n) is 8.59. The highest BCUT2D eigenvalue weighted by Crippen LogP contribution is 2.31. The van der Waals surface area contributed by atoms with Crippen LogP contribution in [0.4, 0.5) is 11.4 Å². The number of aliphatic imine (C=N–C) groups is 2. The van der Waals surface area contributed by atoms with Crippen LogP contribution in [0.25, 0.3) is 6.08 Å². The van der Waals surface area contributed by atoms with Gasteiger partial charge in [0.2, 0.25) is 0 Å². The lowest BCUT2D eigenvalue weighted by Crippen LogP contribution is -1.69. The van der Waals surface area contributed by atoms with E-state index >= 15 is 0 Å². The Hall–Kier alpha value is -1.52. The summed E-state index contributed by atoms with van der Waals surface area (Å²) in [7, 11) is 0. The third-order valence-corrected chi connectivity index (χ3v) is 3.71. The van der Waals surface area contributed by atoms with Crippen LogP contribution in [-0.4, -0.2) is 12.9 Å². The molecule has 0 aromatic carbocycles. The Morgan fingerprint density at radius 1 is 1.12 bits per heavy atom. The topological polar surface area (TPSA) is 24.7 Å². The van der Waals surface area contributed by atoms with Gasteiger partial charge >= 0.3 is 0 Å². The maximum atomic E-state index is 4.38. The number of nitrogens with zero attached hydrogens (tertiary/aromatic N) is 2. The average molecular weight is 246 g/mol. The lowest BCUT2D eigenvalue weighted by molar-refractivity contribution is 1.53. The van der Waals surface area contributed by atoms with Crippen LogP contribution < -0.4 is 0 Å². The zero-order valence-corrected chi connectivity index (χ0v) is 10.2. The lowest BCUT2D eigenvalue weighted by Gasteiger charge is -1.89. The second-order valence-electron chi connectivity index (χ2n) is 3.00. The highest BCUT2D eigenvalue weighted by molar-refractivity contribution is 7.14. The quantitative estimate of drug-likeness (QED) is 0.708. The normalized spacial score (nSPS) is 10.8. The minimum absolute atomic E-state index is 0.835. The van der Waals surface area contributed by atoms with Crippen LogP contribution in [0.15, 0.2) is 39.5 Å². The predicted octanol–water partition coefficient (Wildman–Crippen LogP) is 4.54. The Balaban J connectivity index is 2.20. The van der Waals surface area contributed by atoms with Crippen LogP contribution in [0, 0.1) is 0 Å². The molecule has 0 atom stereocenters. The van der Waals surface area contributed by atoms with E-state index in [-0.39, 0.29) is 0 Å². The monoisotopic (exact) mass is 246 g/mol. The van der Waals surface area contributed by atoms with Crippen molar-refractivity contribution in [3.8, 4) is 0 Å². The van der Waals surface area contributed by atoms with E-state index in [1.165, 1.54) is 0 Å². The van der Waals surface area contributed by atoms with Crippen molar-refractivity contribution in [1.82, 2.24) is 0 Å². The summed E-state index contributed by atoms with van der Waals surface area (Å²) >= 11 is 3.23. The van der Waals surface area contributed by atoms with E-state index in [4.69, 9.17) is 0 Å². The molecule has 0 radical (unpaired) electrons. The standard InChI is InChI=1S/C12H10N2S2/c1-3-9-4-5-10(16-9)6-14-12-8-15-7-11(12)13-2/h3-8H,1-2H2. The molecule has 0 aliphatic carbocycles. The molecule has 0 fully saturated rings. The van der Waals surface area contributed by atoms with Crippen molar-refractivity contribution in [1.29, 1.82) is 0 Å². The Morgan fingerprint density at radius 3 is 2.56 bits per heavy atom. The summed E-state index contributed by atoms with van der Waals surface area (Å²) < 4.78 is 0. The minimum Gasteiger partial charge on any atom is -0.262 e. The maximum absolute atomic E-state index is 4.38. The molecule has 0 aliphatic rings. The highest BCUT2D eigenvalue weighted by Gasteiger charge is 1.99. The van der Waals surface area contributed by atoms with E-state index in [0.717, 1.165) is 21.1 Å². The van der Waals surface area contributed by atoms with Gasteiger partial charge in [0.15, 0.2) is 0 Å². The van der Waals surface area contributed by atoms with Crippen molar-refractivity contribution in [3.05, 3.63) is 39.2 Å². The molecule has 2 aromatic heterocycles. The Bertz CT molecular complexity index is 535. The molecule has 0 saturated heterocycles. The molecular formula is C12H10N2S2. The van der Waals surface area contributed by atoms with E-state index in [2.05, 4.69) is 23.3 Å². The Kier molecular flexibility index (Phi) is 3.44. The first-order valence-electron chi connectivity index (χ1n) is 4.62. The maximum Gasteiger partial charge on any atom is 0.0993 e. The van der Waals surface area contributed by atoms with Crippen molar-refractivity contribution < 1.29 is 0 Å². The van der Waals surface area contributed by atoms with Gasteiger partial charge in [0.05, 0.1) is 11.4 Å². The van der Waals surface area contributed by atoms with Gasteiger partial charge in [-0.3, -0.25) is 9.98 Å². The van der Waals surface area contributed by atoms with Crippen LogP contribution >= 0.6 is 22.7 Å². The molecular weight excluding hydrogens is 236 g/mol. The molecule has 0 spiro atoms. The van der Waals surface area contributed by atoms with Crippen LogP contribution in [-0.2, 0) is 0 Å². The van der Waals surface area contributed by atoms with Gasteiger partial charge in [0.1, 0.15) is 0 Å². The first kappa shape index (κ1) is 11.0. The van der Waals surface area contributed by atoms with Crippen LogP contribution in [0.5, 0.6) is 0 Å². The molecule has 2 rings (SSSR count). The Labute approximate surface area is 102 Å². The summed E-state index contributed by atoms with van der Waals surface area (Å²) in [6, 6.07) is 4.05. The molecule has 0 bridgehead atoms. The summed E-state index contributed by atoms with van der Waals surface area (Å²) in [6.07, 6.45) is 3.68. The third-order valence-electron chi connectivity index (χ3n) is 1.97. The van der Waals surface area contributed by atoms with Gasteiger partial charge in [0, 0.05) is 26.7 Å². The highest BCUT2D eigenvalue weighted by atomic mass is 32.1. The molecule has 0 unspecified atom stereocenters. The van der Waals surface area contributed by atoms with E-state index < -0.39 is 0 Å². The third kappa shape index (κ3) is 2.35. The fraction of sp³-hybridized carbons (Fsp3) is 0. The van der Waals surface area contributed by atoms with Gasteiger partial charge in [0.25, 0.3) is 0 Å². The molecule has 0 amide bonds. The van der Waals surface area contributed by atoms with Crippen LogP contribution in [0.1, 0.15) is 9.75 Å². The van der Waals surface area contributed by atoms with Crippen LogP contribution in [0.3, 0.4) is 0 Å². The number of hydrogen-bond donors (Lipinski definition) is 0. The van der Waals surface area contributed by atoms with E-state index in [0.29, 0.717) is 0 Å². The molecule has 0 saturated carbocycles. The Morgan fingerprint density at radius 2 is 1.88 bits per heavy atom. The smallest absolute Gasteiger partial charge is 0.0993 e. The second-order valence-corrected chi connectivity index (χ2v) is 4.89. The first-order valence-corrected chi connectivity index (χ1v) is 6.38. The van der Waals surface area contributed by atoms with E-state index in [1.807, 2.05) is 35.2 Å². The van der Waals surface area contributed by atoms with Gasteiger partial charge in [-0.25, -0.2) is 0 Å². The van der Waals surface area contributed by atoms with Crippen LogP contribution in [0.2, 0.25) is 0 Å². The number of thiophene rings is 2. The molecule has 16 heavy (non-hydrogen) atoms. The summed E-state index contributed by atoms with van der Waals surface area (Å²) in [5.41, 5.74) is 1.70. The summed E-state index contributed by atoms with van der Waals surface area (Å²) in [4.78, 5) is 10.5. The minimum atomic E-state index is 0.835. The predicted molar refractivity (Wildman–Crippen MR) is 75.2 cm³/mol. The average Bonchev–Trinajstić information content (AvgIpc) is 2.94. The molecule has 2 nitrogen and oxygen atoms in total. The number of hydrogen-bond acceptors (Lipinski definition) is 4. The zero-order chi connectivity index (χ0) is 11.4.